The fraction of sp³-hybridized carbons (Fsp3) is 0.529. The van der Waals surface area contributed by atoms with Crippen LogP contribution in [0.25, 0.3) is 0 Å². The van der Waals surface area contributed by atoms with Gasteiger partial charge in [-0.25, -0.2) is 4.79 Å². The molecule has 1 aromatic rings. The number of halogens is 1. The van der Waals surface area contributed by atoms with Crippen molar-refractivity contribution in [2.45, 2.75) is 51.8 Å². The summed E-state index contributed by atoms with van der Waals surface area (Å²) in [5.74, 6) is 0. The van der Waals surface area contributed by atoms with Gasteiger partial charge in [0.15, 0.2) is 0 Å². The van der Waals surface area contributed by atoms with E-state index in [1.54, 1.807) is 4.90 Å². The molecule has 1 N–H and O–H groups in total. The number of ether oxygens (including phenoxy) is 1. The van der Waals surface area contributed by atoms with Crippen LogP contribution < -0.4 is 5.32 Å². The fourth-order valence-corrected chi connectivity index (χ4v) is 2.93. The number of thiocarbonyl (C=S) groups is 1. The zero-order valence-corrected chi connectivity index (χ0v) is 15.3. The summed E-state index contributed by atoms with van der Waals surface area (Å²) in [4.78, 5) is 14.7. The van der Waals surface area contributed by atoms with Gasteiger partial charge in [-0.1, -0.05) is 36.0 Å². The molecule has 0 radical (unpaired) electrons. The highest BCUT2D eigenvalue weighted by molar-refractivity contribution is 7.80. The molecule has 2 rings (SSSR count). The lowest BCUT2D eigenvalue weighted by atomic mass is 10.2. The highest BCUT2D eigenvalue weighted by atomic mass is 35.5. The molecule has 23 heavy (non-hydrogen) atoms. The van der Waals surface area contributed by atoms with Gasteiger partial charge in [-0.05, 0) is 51.3 Å². The molecule has 126 valence electrons. The molecule has 6 heteroatoms. The number of likely N-dealkylation sites (tertiary alicyclic amines) is 1. The van der Waals surface area contributed by atoms with Crippen LogP contribution in [0.4, 0.5) is 4.79 Å². The van der Waals surface area contributed by atoms with Crippen molar-refractivity contribution in [3.05, 3.63) is 34.9 Å². The summed E-state index contributed by atoms with van der Waals surface area (Å²) >= 11 is 11.4. The molecule has 0 saturated carbocycles. The number of nitrogens with zero attached hydrogens (tertiary/aromatic N) is 1. The molecule has 1 aromatic carbocycles. The lowest BCUT2D eigenvalue weighted by Crippen LogP contribution is -2.46. The predicted molar refractivity (Wildman–Crippen MR) is 96.9 cm³/mol. The Bertz CT molecular complexity index is 569. The number of rotatable bonds is 3. The molecule has 1 fully saturated rings. The van der Waals surface area contributed by atoms with E-state index < -0.39 is 5.60 Å². The number of hydrogen-bond donors (Lipinski definition) is 1. The van der Waals surface area contributed by atoms with E-state index in [-0.39, 0.29) is 12.1 Å². The monoisotopic (exact) mass is 354 g/mol. The Morgan fingerprint density at radius 1 is 1.39 bits per heavy atom. The number of amides is 1. The van der Waals surface area contributed by atoms with Crippen molar-refractivity contribution >= 4 is 34.9 Å². The Morgan fingerprint density at radius 2 is 2.04 bits per heavy atom. The number of hydrogen-bond acceptors (Lipinski definition) is 3. The standard InChI is InChI=1S/C17H23ClN2O2S/c1-17(2,3)22-16(21)20-10-4-5-14(20)15(23)19-11-12-6-8-13(18)9-7-12/h6-9,14H,4-5,10-11H2,1-3H3,(H,19,23)/t14-/m1/s1. The first kappa shape index (κ1) is 18.0. The van der Waals surface area contributed by atoms with Gasteiger partial charge in [-0.15, -0.1) is 0 Å². The normalized spacial score (nSPS) is 17.9. The van der Waals surface area contributed by atoms with Crippen molar-refractivity contribution < 1.29 is 9.53 Å². The van der Waals surface area contributed by atoms with Gasteiger partial charge in [-0.2, -0.15) is 0 Å². The molecule has 1 heterocycles. The van der Waals surface area contributed by atoms with Gasteiger partial charge in [0.1, 0.15) is 5.60 Å². The third-order valence-corrected chi connectivity index (χ3v) is 4.23. The average molecular weight is 355 g/mol. The van der Waals surface area contributed by atoms with Crippen LogP contribution in [0, 0.1) is 0 Å². The highest BCUT2D eigenvalue weighted by Gasteiger charge is 2.34. The first-order valence-corrected chi connectivity index (χ1v) is 8.57. The largest absolute Gasteiger partial charge is 0.444 e. The van der Waals surface area contributed by atoms with Crippen LogP contribution in [0.1, 0.15) is 39.2 Å². The highest BCUT2D eigenvalue weighted by Crippen LogP contribution is 2.21. The molecular formula is C17H23ClN2O2S. The van der Waals surface area contributed by atoms with E-state index in [0.717, 1.165) is 18.4 Å². The first-order valence-electron chi connectivity index (χ1n) is 7.78. The number of nitrogens with one attached hydrogen (secondary N) is 1. The van der Waals surface area contributed by atoms with E-state index in [4.69, 9.17) is 28.6 Å². The van der Waals surface area contributed by atoms with E-state index in [0.29, 0.717) is 23.1 Å². The maximum Gasteiger partial charge on any atom is 0.410 e. The van der Waals surface area contributed by atoms with Gasteiger partial charge in [-0.3, -0.25) is 4.90 Å². The minimum atomic E-state index is -0.497. The summed E-state index contributed by atoms with van der Waals surface area (Å²) in [6.07, 6.45) is 1.51. The Balaban J connectivity index is 1.92. The molecule has 0 unspecified atom stereocenters. The van der Waals surface area contributed by atoms with Gasteiger partial charge < -0.3 is 10.1 Å². The molecule has 0 bridgehead atoms. The van der Waals surface area contributed by atoms with E-state index in [9.17, 15) is 4.79 Å². The molecule has 4 nitrogen and oxygen atoms in total. The van der Waals surface area contributed by atoms with E-state index >= 15 is 0 Å². The average Bonchev–Trinajstić information content (AvgIpc) is 2.94. The maximum absolute atomic E-state index is 12.3. The summed E-state index contributed by atoms with van der Waals surface area (Å²) in [5, 5.41) is 3.96. The third-order valence-electron chi connectivity index (χ3n) is 3.56. The van der Waals surface area contributed by atoms with Crippen LogP contribution in [0.15, 0.2) is 24.3 Å². The third kappa shape index (κ3) is 5.36. The Hall–Kier alpha value is -1.33. The molecule has 1 atom stereocenters. The number of carbonyl (C=O) groups is 1. The molecule has 0 spiro atoms. The zero-order chi connectivity index (χ0) is 17.0. The van der Waals surface area contributed by atoms with Gasteiger partial charge >= 0.3 is 6.09 Å². The van der Waals surface area contributed by atoms with Crippen molar-refractivity contribution in [1.82, 2.24) is 10.2 Å². The molecule has 0 aliphatic carbocycles. The van der Waals surface area contributed by atoms with Crippen LogP contribution in [0.5, 0.6) is 0 Å². The van der Waals surface area contributed by atoms with E-state index in [1.165, 1.54) is 0 Å². The van der Waals surface area contributed by atoms with E-state index in [1.807, 2.05) is 45.0 Å². The molecule has 1 aliphatic heterocycles. The molecule has 1 aliphatic rings. The molecule has 0 aromatic heterocycles. The summed E-state index contributed by atoms with van der Waals surface area (Å²) in [7, 11) is 0. The summed E-state index contributed by atoms with van der Waals surface area (Å²) in [6, 6.07) is 7.53. The number of carbonyl (C=O) groups excluding carboxylic acids is 1. The zero-order valence-electron chi connectivity index (χ0n) is 13.8. The van der Waals surface area contributed by atoms with Crippen molar-refractivity contribution in [1.29, 1.82) is 0 Å². The summed E-state index contributed by atoms with van der Waals surface area (Å²) in [6.45, 7) is 6.91. The summed E-state index contributed by atoms with van der Waals surface area (Å²) < 4.78 is 5.46. The SMILES string of the molecule is CC(C)(C)OC(=O)N1CCC[C@@H]1C(=S)NCc1ccc(Cl)cc1. The van der Waals surface area contributed by atoms with Gasteiger partial charge in [0.2, 0.25) is 0 Å². The second-order valence-electron chi connectivity index (χ2n) is 6.68. The Labute approximate surface area is 148 Å². The Kier molecular flexibility index (Phi) is 5.87. The minimum Gasteiger partial charge on any atom is -0.444 e. The van der Waals surface area contributed by atoms with Crippen molar-refractivity contribution in [2.75, 3.05) is 6.54 Å². The summed E-state index contributed by atoms with van der Waals surface area (Å²) in [5.41, 5.74) is 0.598. The van der Waals surface area contributed by atoms with Gasteiger partial charge in [0, 0.05) is 18.1 Å². The van der Waals surface area contributed by atoms with Crippen LogP contribution >= 0.6 is 23.8 Å². The lowest BCUT2D eigenvalue weighted by Gasteiger charge is -2.29. The maximum atomic E-state index is 12.3. The van der Waals surface area contributed by atoms with Crippen molar-refractivity contribution in [3.63, 3.8) is 0 Å². The lowest BCUT2D eigenvalue weighted by molar-refractivity contribution is 0.0265. The second kappa shape index (κ2) is 7.49. The van der Waals surface area contributed by atoms with Crippen LogP contribution in [-0.2, 0) is 11.3 Å². The second-order valence-corrected chi connectivity index (χ2v) is 7.55. The Morgan fingerprint density at radius 3 is 2.65 bits per heavy atom. The predicted octanol–water partition coefficient (Wildman–Crippen LogP) is 4.16. The van der Waals surface area contributed by atoms with Crippen molar-refractivity contribution in [2.24, 2.45) is 0 Å². The fourth-order valence-electron chi connectivity index (χ4n) is 2.49. The van der Waals surface area contributed by atoms with Crippen molar-refractivity contribution in [3.8, 4) is 0 Å². The van der Waals surface area contributed by atoms with Gasteiger partial charge in [0.25, 0.3) is 0 Å². The molecular weight excluding hydrogens is 332 g/mol. The quantitative estimate of drug-likeness (QED) is 0.828. The van der Waals surface area contributed by atoms with Crippen LogP contribution in [-0.4, -0.2) is 34.2 Å². The molecule has 1 saturated heterocycles. The van der Waals surface area contributed by atoms with Crippen LogP contribution in [0.2, 0.25) is 5.02 Å². The van der Waals surface area contributed by atoms with Gasteiger partial charge in [0.05, 0.1) is 11.0 Å². The number of benzene rings is 1. The smallest absolute Gasteiger partial charge is 0.410 e. The topological polar surface area (TPSA) is 41.6 Å². The van der Waals surface area contributed by atoms with Crippen LogP contribution in [0.3, 0.4) is 0 Å². The first-order chi connectivity index (χ1) is 10.8. The molecule has 1 amide bonds. The minimum absolute atomic E-state index is 0.0906. The van der Waals surface area contributed by atoms with E-state index in [2.05, 4.69) is 5.32 Å².